The van der Waals surface area contributed by atoms with Gasteiger partial charge in [-0.2, -0.15) is 0 Å². The summed E-state index contributed by atoms with van der Waals surface area (Å²) in [5.74, 6) is 0.159. The predicted octanol–water partition coefficient (Wildman–Crippen LogP) is 3.34. The molecule has 1 aromatic carbocycles. The fraction of sp³-hybridized carbons (Fsp3) is 0.263. The third kappa shape index (κ3) is 4.06. The number of aryl methyl sites for hydroxylation is 1. The van der Waals surface area contributed by atoms with Crippen LogP contribution < -0.4 is 15.7 Å². The van der Waals surface area contributed by atoms with Crippen molar-refractivity contribution in [3.05, 3.63) is 50.8 Å². The first-order valence-electron chi connectivity index (χ1n) is 8.25. The molecule has 0 radical (unpaired) electrons. The van der Waals surface area contributed by atoms with E-state index in [9.17, 15) is 14.4 Å². The van der Waals surface area contributed by atoms with E-state index in [1.807, 2.05) is 13.0 Å². The number of ether oxygens (including phenoxy) is 1. The van der Waals surface area contributed by atoms with Gasteiger partial charge in [0.25, 0.3) is 0 Å². The lowest BCUT2D eigenvalue weighted by Gasteiger charge is -2.08. The fourth-order valence-electron chi connectivity index (χ4n) is 2.70. The van der Waals surface area contributed by atoms with Crippen LogP contribution in [0.3, 0.4) is 0 Å². The maximum Gasteiger partial charge on any atom is 0.339 e. The van der Waals surface area contributed by atoms with Crippen LogP contribution in [0, 0.1) is 6.92 Å². The monoisotopic (exact) mass is 386 g/mol. The lowest BCUT2D eigenvalue weighted by Crippen LogP contribution is -2.16. The fourth-order valence-corrected chi connectivity index (χ4v) is 3.47. The van der Waals surface area contributed by atoms with E-state index in [0.29, 0.717) is 27.7 Å². The van der Waals surface area contributed by atoms with Crippen molar-refractivity contribution in [3.8, 4) is 5.75 Å². The molecule has 0 unspecified atom stereocenters. The van der Waals surface area contributed by atoms with Crippen LogP contribution in [0.15, 0.2) is 32.8 Å². The maximum absolute atomic E-state index is 12.3. The number of benzene rings is 1. The second-order valence-electron chi connectivity index (χ2n) is 6.00. The first-order chi connectivity index (χ1) is 12.9. The third-order valence-electron chi connectivity index (χ3n) is 4.21. The summed E-state index contributed by atoms with van der Waals surface area (Å²) in [6.45, 7) is 3.25. The minimum absolute atomic E-state index is 0.0995. The highest BCUT2D eigenvalue weighted by Crippen LogP contribution is 2.24. The van der Waals surface area contributed by atoms with Crippen LogP contribution in [-0.2, 0) is 11.2 Å². The van der Waals surface area contributed by atoms with E-state index in [2.05, 4.69) is 10.3 Å². The van der Waals surface area contributed by atoms with Crippen LogP contribution in [-0.4, -0.2) is 23.8 Å². The number of hydrogen-bond acceptors (Lipinski definition) is 7. The van der Waals surface area contributed by atoms with Gasteiger partial charge in [0.1, 0.15) is 17.0 Å². The van der Waals surface area contributed by atoms with Gasteiger partial charge in [-0.25, -0.2) is 9.78 Å². The molecule has 27 heavy (non-hydrogen) atoms. The summed E-state index contributed by atoms with van der Waals surface area (Å²) in [6, 6.07) is 5.28. The van der Waals surface area contributed by atoms with Gasteiger partial charge in [0.05, 0.1) is 7.11 Å². The van der Waals surface area contributed by atoms with E-state index in [4.69, 9.17) is 9.15 Å². The van der Waals surface area contributed by atoms with Gasteiger partial charge in [0.15, 0.2) is 10.9 Å². The van der Waals surface area contributed by atoms with E-state index in [1.54, 1.807) is 24.6 Å². The van der Waals surface area contributed by atoms with Crippen molar-refractivity contribution < 1.29 is 18.7 Å². The van der Waals surface area contributed by atoms with Crippen LogP contribution in [0.25, 0.3) is 11.0 Å². The summed E-state index contributed by atoms with van der Waals surface area (Å²) >= 11 is 1.18. The van der Waals surface area contributed by atoms with Gasteiger partial charge in [-0.15, -0.1) is 11.3 Å². The van der Waals surface area contributed by atoms with Crippen LogP contribution in [0.1, 0.15) is 35.0 Å². The number of carbonyl (C=O) groups excluding carboxylic acids is 2. The van der Waals surface area contributed by atoms with Crippen LogP contribution in [0.4, 0.5) is 5.13 Å². The summed E-state index contributed by atoms with van der Waals surface area (Å²) in [4.78, 5) is 39.8. The number of carbonyl (C=O) groups is 2. The number of Topliss-reactive ketones (excluding diaryl/α,β-unsaturated/α-hetero) is 1. The van der Waals surface area contributed by atoms with Crippen molar-refractivity contribution in [2.75, 3.05) is 12.4 Å². The summed E-state index contributed by atoms with van der Waals surface area (Å²) in [5, 5.41) is 5.40. The number of fused-ring (bicyclic) bond motifs is 1. The highest BCUT2D eigenvalue weighted by atomic mass is 32.1. The number of hydrogen-bond donors (Lipinski definition) is 1. The van der Waals surface area contributed by atoms with Gasteiger partial charge in [-0.05, 0) is 31.0 Å². The molecule has 0 aliphatic heterocycles. The van der Waals surface area contributed by atoms with Crippen molar-refractivity contribution >= 4 is 39.1 Å². The Bertz CT molecular complexity index is 1080. The number of thiazole rings is 1. The number of nitrogens with zero attached hydrogens (tertiary/aromatic N) is 1. The molecule has 3 aromatic rings. The lowest BCUT2D eigenvalue weighted by molar-refractivity contribution is -0.116. The Morgan fingerprint density at radius 2 is 2.11 bits per heavy atom. The van der Waals surface area contributed by atoms with Gasteiger partial charge >= 0.3 is 5.63 Å². The summed E-state index contributed by atoms with van der Waals surface area (Å²) < 4.78 is 10.5. The average molecular weight is 386 g/mol. The Balaban J connectivity index is 1.75. The summed E-state index contributed by atoms with van der Waals surface area (Å²) in [6.07, 6.45) is 0.342. The van der Waals surface area contributed by atoms with Gasteiger partial charge in [0.2, 0.25) is 5.91 Å². The molecular weight excluding hydrogens is 368 g/mol. The molecule has 0 bridgehead atoms. The number of ketones is 1. The Kier molecular flexibility index (Phi) is 5.36. The minimum atomic E-state index is -0.464. The Hall–Kier alpha value is -3.00. The molecule has 0 saturated heterocycles. The van der Waals surface area contributed by atoms with Crippen molar-refractivity contribution in [2.24, 2.45) is 0 Å². The molecule has 0 fully saturated rings. The van der Waals surface area contributed by atoms with Crippen molar-refractivity contribution in [1.29, 1.82) is 0 Å². The molecule has 0 atom stereocenters. The molecule has 2 aromatic heterocycles. The molecular formula is C19H18N2O5S. The van der Waals surface area contributed by atoms with Gasteiger partial charge in [-0.1, -0.05) is 0 Å². The summed E-state index contributed by atoms with van der Waals surface area (Å²) in [7, 11) is 1.54. The maximum atomic E-state index is 12.3. The molecule has 0 aliphatic carbocycles. The minimum Gasteiger partial charge on any atom is -0.497 e. The molecule has 1 N–H and O–H groups in total. The number of aromatic nitrogens is 1. The van der Waals surface area contributed by atoms with E-state index in [1.165, 1.54) is 18.3 Å². The van der Waals surface area contributed by atoms with Gasteiger partial charge in [0, 0.05) is 35.7 Å². The first kappa shape index (κ1) is 18.8. The largest absolute Gasteiger partial charge is 0.497 e. The Labute approximate surface area is 159 Å². The molecule has 1 amide bonds. The second-order valence-corrected chi connectivity index (χ2v) is 6.86. The molecule has 7 nitrogen and oxygen atoms in total. The van der Waals surface area contributed by atoms with Gasteiger partial charge in [-0.3, -0.25) is 9.59 Å². The Morgan fingerprint density at radius 3 is 2.78 bits per heavy atom. The van der Waals surface area contributed by atoms with E-state index < -0.39 is 5.63 Å². The van der Waals surface area contributed by atoms with Crippen molar-refractivity contribution in [3.63, 3.8) is 0 Å². The lowest BCUT2D eigenvalue weighted by atomic mass is 10.0. The molecule has 0 saturated carbocycles. The Morgan fingerprint density at radius 1 is 1.33 bits per heavy atom. The molecule has 2 heterocycles. The van der Waals surface area contributed by atoms with Crippen LogP contribution in [0.2, 0.25) is 0 Å². The van der Waals surface area contributed by atoms with Crippen molar-refractivity contribution in [2.45, 2.75) is 26.7 Å². The zero-order chi connectivity index (χ0) is 19.6. The first-order valence-corrected chi connectivity index (χ1v) is 9.13. The zero-order valence-electron chi connectivity index (χ0n) is 15.1. The number of methoxy groups -OCH3 is 1. The quantitative estimate of drug-likeness (QED) is 0.515. The smallest absolute Gasteiger partial charge is 0.339 e. The normalized spacial score (nSPS) is 10.8. The topological polar surface area (TPSA) is 98.5 Å². The molecule has 8 heteroatoms. The standard InChI is InChI=1S/C19H18N2O5S/c1-10-13-5-4-12(25-3)8-16(13)26-18(24)14(10)6-7-17(23)21-19-20-15(9-27-19)11(2)22/h4-5,8-9H,6-7H2,1-3H3,(H,20,21,23). The zero-order valence-corrected chi connectivity index (χ0v) is 15.9. The molecule has 0 spiro atoms. The van der Waals surface area contributed by atoms with E-state index >= 15 is 0 Å². The van der Waals surface area contributed by atoms with Crippen molar-refractivity contribution in [1.82, 2.24) is 4.98 Å². The van der Waals surface area contributed by atoms with E-state index in [0.717, 1.165) is 10.9 Å². The molecule has 3 rings (SSSR count). The highest BCUT2D eigenvalue weighted by molar-refractivity contribution is 7.14. The SMILES string of the molecule is COc1ccc2c(C)c(CCC(=O)Nc3nc(C(C)=O)cs3)c(=O)oc2c1. The summed E-state index contributed by atoms with van der Waals surface area (Å²) in [5.41, 5.74) is 1.55. The van der Waals surface area contributed by atoms with Crippen LogP contribution >= 0.6 is 11.3 Å². The number of nitrogens with one attached hydrogen (secondary N) is 1. The van der Waals surface area contributed by atoms with Crippen LogP contribution in [0.5, 0.6) is 5.75 Å². The number of rotatable bonds is 6. The highest BCUT2D eigenvalue weighted by Gasteiger charge is 2.15. The third-order valence-corrected chi connectivity index (χ3v) is 4.97. The second kappa shape index (κ2) is 7.71. The van der Waals surface area contributed by atoms with Gasteiger partial charge < -0.3 is 14.5 Å². The van der Waals surface area contributed by atoms with E-state index in [-0.39, 0.29) is 24.5 Å². The predicted molar refractivity (Wildman–Crippen MR) is 103 cm³/mol. The number of anilines is 1. The molecule has 0 aliphatic rings. The molecule has 140 valence electrons. The average Bonchev–Trinajstić information content (AvgIpc) is 3.09. The number of amides is 1.